The summed E-state index contributed by atoms with van der Waals surface area (Å²) in [5, 5.41) is 2.51. The van der Waals surface area contributed by atoms with Crippen molar-refractivity contribution in [3.63, 3.8) is 0 Å². The first-order valence-electron chi connectivity index (χ1n) is 11.9. The molecular formula is C28H25ClFN5O. The van der Waals surface area contributed by atoms with Crippen LogP contribution >= 0.6 is 11.6 Å². The highest BCUT2D eigenvalue weighted by atomic mass is 35.5. The highest BCUT2D eigenvalue weighted by Gasteiger charge is 2.17. The highest BCUT2D eigenvalue weighted by molar-refractivity contribution is 6.30. The Kier molecular flexibility index (Phi) is 6.76. The van der Waals surface area contributed by atoms with Gasteiger partial charge in [-0.1, -0.05) is 25.4 Å². The van der Waals surface area contributed by atoms with E-state index >= 15 is 0 Å². The molecule has 0 aliphatic carbocycles. The van der Waals surface area contributed by atoms with E-state index in [-0.39, 0.29) is 11.1 Å². The Morgan fingerprint density at radius 3 is 2.61 bits per heavy atom. The molecule has 1 aromatic carbocycles. The zero-order chi connectivity index (χ0) is 25.2. The van der Waals surface area contributed by atoms with Gasteiger partial charge in [0, 0.05) is 59.4 Å². The predicted molar refractivity (Wildman–Crippen MR) is 143 cm³/mol. The molecule has 0 radical (unpaired) electrons. The van der Waals surface area contributed by atoms with Gasteiger partial charge < -0.3 is 9.47 Å². The van der Waals surface area contributed by atoms with E-state index in [9.17, 15) is 9.18 Å². The van der Waals surface area contributed by atoms with Crippen molar-refractivity contribution < 1.29 is 4.39 Å². The average molecular weight is 502 g/mol. The van der Waals surface area contributed by atoms with Crippen LogP contribution in [0.4, 0.5) is 4.39 Å². The van der Waals surface area contributed by atoms with Crippen molar-refractivity contribution in [1.29, 1.82) is 0 Å². The Morgan fingerprint density at radius 2 is 1.81 bits per heavy atom. The Hall–Kier alpha value is -3.68. The van der Waals surface area contributed by atoms with Crippen LogP contribution in [0, 0.1) is 5.82 Å². The molecule has 0 atom stereocenters. The van der Waals surface area contributed by atoms with Gasteiger partial charge in [0.25, 0.3) is 5.56 Å². The van der Waals surface area contributed by atoms with Crippen molar-refractivity contribution in [3.8, 4) is 22.4 Å². The summed E-state index contributed by atoms with van der Waals surface area (Å²) in [6.45, 7) is 7.30. The molecule has 0 saturated heterocycles. The molecule has 0 aliphatic heterocycles. The van der Waals surface area contributed by atoms with Crippen LogP contribution in [-0.2, 0) is 6.54 Å². The maximum Gasteiger partial charge on any atom is 0.260 e. The SMILES string of the molecule is CCN(CC)CCn1cc(-c2cc(-c3cc(Cl)ccc3F)nc3ncccc23)c2ccncc2c1=O. The average Bonchev–Trinajstić information content (AvgIpc) is 2.91. The van der Waals surface area contributed by atoms with Crippen molar-refractivity contribution in [2.75, 3.05) is 19.6 Å². The van der Waals surface area contributed by atoms with Crippen molar-refractivity contribution >= 4 is 33.4 Å². The number of rotatable bonds is 7. The summed E-state index contributed by atoms with van der Waals surface area (Å²) in [5.41, 5.74) is 2.72. The van der Waals surface area contributed by atoms with Gasteiger partial charge in [-0.25, -0.2) is 14.4 Å². The molecule has 5 aromatic rings. The van der Waals surface area contributed by atoms with Gasteiger partial charge in [0.1, 0.15) is 5.82 Å². The summed E-state index contributed by atoms with van der Waals surface area (Å²) in [6.07, 6.45) is 6.82. The molecule has 0 spiro atoms. The van der Waals surface area contributed by atoms with Gasteiger partial charge in [-0.15, -0.1) is 0 Å². The molecule has 0 unspecified atom stereocenters. The van der Waals surface area contributed by atoms with Gasteiger partial charge in [0.15, 0.2) is 5.65 Å². The number of pyridine rings is 4. The summed E-state index contributed by atoms with van der Waals surface area (Å²) in [4.78, 5) is 28.9. The Bertz CT molecular complexity index is 1630. The van der Waals surface area contributed by atoms with Crippen molar-refractivity contribution in [2.45, 2.75) is 20.4 Å². The molecule has 0 bridgehead atoms. The second-order valence-electron chi connectivity index (χ2n) is 8.54. The lowest BCUT2D eigenvalue weighted by Crippen LogP contribution is -2.31. The van der Waals surface area contributed by atoms with Crippen LogP contribution in [0.3, 0.4) is 0 Å². The molecule has 0 aliphatic rings. The standard InChI is InChI=1S/C28H25ClFN5O/c1-3-34(4-2)12-13-35-17-24(19-9-11-31-16-23(19)28(35)36)21-15-26(22-14-18(29)7-8-25(22)30)33-27-20(21)6-5-10-32-27/h5-11,14-17H,3-4,12-13H2,1-2H3. The van der Waals surface area contributed by atoms with E-state index in [1.54, 1.807) is 29.2 Å². The minimum atomic E-state index is -0.425. The lowest BCUT2D eigenvalue weighted by Gasteiger charge is -2.20. The maximum atomic E-state index is 14.8. The molecule has 4 aromatic heterocycles. The molecule has 4 heterocycles. The molecule has 182 valence electrons. The van der Waals surface area contributed by atoms with Crippen molar-refractivity contribution in [3.05, 3.63) is 88.4 Å². The Morgan fingerprint density at radius 1 is 0.972 bits per heavy atom. The minimum absolute atomic E-state index is 0.0911. The van der Waals surface area contributed by atoms with Gasteiger partial charge >= 0.3 is 0 Å². The smallest absolute Gasteiger partial charge is 0.260 e. The fourth-order valence-corrected chi connectivity index (χ4v) is 4.69. The van der Waals surface area contributed by atoms with Crippen molar-refractivity contribution in [2.24, 2.45) is 0 Å². The molecule has 6 nitrogen and oxygen atoms in total. The summed E-state index contributed by atoms with van der Waals surface area (Å²) in [5.74, 6) is -0.425. The van der Waals surface area contributed by atoms with E-state index in [0.717, 1.165) is 41.5 Å². The van der Waals surface area contributed by atoms with Gasteiger partial charge in [0.05, 0.1) is 11.1 Å². The van der Waals surface area contributed by atoms with Gasteiger partial charge in [-0.3, -0.25) is 9.78 Å². The van der Waals surface area contributed by atoms with E-state index in [2.05, 4.69) is 33.7 Å². The number of likely N-dealkylation sites (N-methyl/N-ethyl adjacent to an activating group) is 1. The van der Waals surface area contributed by atoms with Crippen molar-refractivity contribution in [1.82, 2.24) is 24.4 Å². The zero-order valence-electron chi connectivity index (χ0n) is 20.1. The maximum absolute atomic E-state index is 14.8. The normalized spacial score (nSPS) is 11.6. The number of fused-ring (bicyclic) bond motifs is 2. The van der Waals surface area contributed by atoms with Crippen LogP contribution in [0.15, 0.2) is 72.0 Å². The Labute approximate surface area is 213 Å². The third-order valence-electron chi connectivity index (χ3n) is 6.52. The number of aromatic nitrogens is 4. The molecule has 0 fully saturated rings. The van der Waals surface area contributed by atoms with Gasteiger partial charge in [-0.2, -0.15) is 0 Å². The van der Waals surface area contributed by atoms with E-state index in [4.69, 9.17) is 11.6 Å². The first kappa shape index (κ1) is 24.0. The first-order valence-corrected chi connectivity index (χ1v) is 12.3. The molecule has 36 heavy (non-hydrogen) atoms. The Balaban J connectivity index is 1.78. The lowest BCUT2D eigenvalue weighted by molar-refractivity contribution is 0.289. The molecule has 8 heteroatoms. The van der Waals surface area contributed by atoms with Crippen LogP contribution in [0.5, 0.6) is 0 Å². The van der Waals surface area contributed by atoms with Crippen LogP contribution < -0.4 is 5.56 Å². The second-order valence-corrected chi connectivity index (χ2v) is 8.98. The fourth-order valence-electron chi connectivity index (χ4n) is 4.52. The van der Waals surface area contributed by atoms with Crippen LogP contribution in [0.2, 0.25) is 5.02 Å². The van der Waals surface area contributed by atoms with Crippen LogP contribution in [0.25, 0.3) is 44.2 Å². The molecule has 0 saturated carbocycles. The van der Waals surface area contributed by atoms with Crippen LogP contribution in [-0.4, -0.2) is 44.1 Å². The molecule has 0 N–H and O–H groups in total. The molecule has 5 rings (SSSR count). The van der Waals surface area contributed by atoms with Gasteiger partial charge in [0.2, 0.25) is 0 Å². The van der Waals surface area contributed by atoms with Gasteiger partial charge in [-0.05, 0) is 66.5 Å². The van der Waals surface area contributed by atoms with Crippen LogP contribution in [0.1, 0.15) is 13.8 Å². The third-order valence-corrected chi connectivity index (χ3v) is 6.75. The molecule has 0 amide bonds. The predicted octanol–water partition coefficient (Wildman–Crippen LogP) is 5.81. The number of hydrogen-bond acceptors (Lipinski definition) is 5. The minimum Gasteiger partial charge on any atom is -0.313 e. The quantitative estimate of drug-likeness (QED) is 0.281. The van der Waals surface area contributed by atoms with E-state index in [0.29, 0.717) is 28.3 Å². The summed E-state index contributed by atoms with van der Waals surface area (Å²) in [7, 11) is 0. The summed E-state index contributed by atoms with van der Waals surface area (Å²) >= 11 is 6.18. The monoisotopic (exact) mass is 501 g/mol. The fraction of sp³-hybridized carbons (Fsp3) is 0.214. The third kappa shape index (κ3) is 4.47. The number of benzene rings is 1. The lowest BCUT2D eigenvalue weighted by atomic mass is 9.97. The number of hydrogen-bond donors (Lipinski definition) is 0. The number of nitrogens with zero attached hydrogens (tertiary/aromatic N) is 5. The first-order chi connectivity index (χ1) is 17.5. The summed E-state index contributed by atoms with van der Waals surface area (Å²) < 4.78 is 16.6. The number of halogens is 2. The zero-order valence-corrected chi connectivity index (χ0v) is 20.8. The highest BCUT2D eigenvalue weighted by Crippen LogP contribution is 2.35. The largest absolute Gasteiger partial charge is 0.313 e. The van der Waals surface area contributed by atoms with E-state index in [1.807, 2.05) is 30.5 Å². The van der Waals surface area contributed by atoms with E-state index in [1.165, 1.54) is 12.1 Å². The second kappa shape index (κ2) is 10.1. The van der Waals surface area contributed by atoms with E-state index < -0.39 is 5.82 Å². The molecular weight excluding hydrogens is 477 g/mol. The summed E-state index contributed by atoms with van der Waals surface area (Å²) in [6, 6.07) is 11.8. The topological polar surface area (TPSA) is 63.9 Å².